The molecular weight excluding hydrogens is 316 g/mol. The molecule has 1 N–H and O–H groups in total. The van der Waals surface area contributed by atoms with E-state index in [0.717, 1.165) is 5.69 Å². The second-order valence-electron chi connectivity index (χ2n) is 5.04. The number of anilines is 2. The monoisotopic (exact) mass is 334 g/mol. The van der Waals surface area contributed by atoms with Crippen LogP contribution in [0.3, 0.4) is 0 Å². The van der Waals surface area contributed by atoms with Crippen molar-refractivity contribution in [1.29, 1.82) is 0 Å². The van der Waals surface area contributed by atoms with Crippen molar-refractivity contribution >= 4 is 21.4 Å². The van der Waals surface area contributed by atoms with Crippen molar-refractivity contribution in [3.63, 3.8) is 0 Å². The number of nitrogens with one attached hydrogen (secondary N) is 1. The first-order valence-corrected chi connectivity index (χ1v) is 8.59. The lowest BCUT2D eigenvalue weighted by molar-refractivity contribution is 0.354. The summed E-state index contributed by atoms with van der Waals surface area (Å²) in [6.07, 6.45) is 0. The molecule has 1 aliphatic heterocycles. The van der Waals surface area contributed by atoms with Gasteiger partial charge in [0.25, 0.3) is 10.0 Å². The molecule has 0 unspecified atom stereocenters. The summed E-state index contributed by atoms with van der Waals surface area (Å²) < 4.78 is 37.8. The summed E-state index contributed by atoms with van der Waals surface area (Å²) >= 11 is 0. The second-order valence-corrected chi connectivity index (χ2v) is 6.90. The molecule has 1 aliphatic rings. The van der Waals surface area contributed by atoms with Crippen LogP contribution < -0.4 is 19.1 Å². The third-order valence-corrected chi connectivity index (χ3v) is 5.56. The van der Waals surface area contributed by atoms with Crippen LogP contribution in [0, 0.1) is 0 Å². The van der Waals surface area contributed by atoms with Gasteiger partial charge in [0.1, 0.15) is 0 Å². The number of sulfonamides is 1. The summed E-state index contributed by atoms with van der Waals surface area (Å²) in [4.78, 5) is 0.173. The number of hydrogen-bond donors (Lipinski definition) is 1. The van der Waals surface area contributed by atoms with E-state index in [1.165, 1.54) is 30.7 Å². The highest BCUT2D eigenvalue weighted by molar-refractivity contribution is 7.92. The Morgan fingerprint density at radius 1 is 1.04 bits per heavy atom. The van der Waals surface area contributed by atoms with Crippen LogP contribution >= 0.6 is 0 Å². The smallest absolute Gasteiger partial charge is 0.264 e. The maximum atomic E-state index is 13.0. The van der Waals surface area contributed by atoms with Crippen LogP contribution in [0.4, 0.5) is 11.4 Å². The Labute approximate surface area is 135 Å². The molecule has 122 valence electrons. The predicted octanol–water partition coefficient (Wildman–Crippen LogP) is 2.32. The number of benzene rings is 2. The van der Waals surface area contributed by atoms with Crippen LogP contribution in [-0.4, -0.2) is 35.7 Å². The van der Waals surface area contributed by atoms with Gasteiger partial charge in [-0.15, -0.1) is 0 Å². The maximum absolute atomic E-state index is 13.0. The fourth-order valence-electron chi connectivity index (χ4n) is 2.61. The van der Waals surface area contributed by atoms with Crippen LogP contribution in [0.5, 0.6) is 11.5 Å². The summed E-state index contributed by atoms with van der Waals surface area (Å²) in [5.74, 6) is 0.879. The van der Waals surface area contributed by atoms with Gasteiger partial charge in [-0.2, -0.15) is 0 Å². The molecule has 0 bridgehead atoms. The highest BCUT2D eigenvalue weighted by atomic mass is 32.2. The standard InChI is InChI=1S/C16H18N2O4S/c1-21-15-8-7-12(11-16(15)22-2)23(19,20)18-10-9-17-13-5-3-4-6-14(13)18/h3-8,11,17H,9-10H2,1-2H3. The molecule has 6 nitrogen and oxygen atoms in total. The molecule has 0 fully saturated rings. The van der Waals surface area contributed by atoms with Gasteiger partial charge >= 0.3 is 0 Å². The molecule has 0 saturated carbocycles. The van der Waals surface area contributed by atoms with E-state index in [4.69, 9.17) is 9.47 Å². The lowest BCUT2D eigenvalue weighted by atomic mass is 10.2. The quantitative estimate of drug-likeness (QED) is 0.929. The highest BCUT2D eigenvalue weighted by Gasteiger charge is 2.29. The van der Waals surface area contributed by atoms with E-state index in [-0.39, 0.29) is 4.90 Å². The average Bonchev–Trinajstić information content (AvgIpc) is 2.60. The normalized spacial score (nSPS) is 13.9. The maximum Gasteiger partial charge on any atom is 0.264 e. The largest absolute Gasteiger partial charge is 0.493 e. The zero-order valence-electron chi connectivity index (χ0n) is 12.9. The number of rotatable bonds is 4. The summed E-state index contributed by atoms with van der Waals surface area (Å²) in [6, 6.07) is 12.0. The van der Waals surface area contributed by atoms with Crippen molar-refractivity contribution in [3.05, 3.63) is 42.5 Å². The Kier molecular flexibility index (Phi) is 4.04. The van der Waals surface area contributed by atoms with E-state index < -0.39 is 10.0 Å². The molecule has 3 rings (SSSR count). The second kappa shape index (κ2) is 6.00. The Balaban J connectivity index is 2.06. The molecule has 7 heteroatoms. The minimum absolute atomic E-state index is 0.173. The van der Waals surface area contributed by atoms with Gasteiger partial charge < -0.3 is 14.8 Å². The first kappa shape index (κ1) is 15.5. The molecule has 2 aromatic rings. The van der Waals surface area contributed by atoms with E-state index in [1.54, 1.807) is 12.1 Å². The number of fused-ring (bicyclic) bond motifs is 1. The Morgan fingerprint density at radius 2 is 1.78 bits per heavy atom. The molecule has 0 spiro atoms. The molecule has 0 saturated heterocycles. The first-order valence-electron chi connectivity index (χ1n) is 7.15. The van der Waals surface area contributed by atoms with E-state index >= 15 is 0 Å². The lowest BCUT2D eigenvalue weighted by Gasteiger charge is -2.31. The summed E-state index contributed by atoms with van der Waals surface area (Å²) in [7, 11) is -0.682. The van der Waals surface area contributed by atoms with Crippen molar-refractivity contribution in [2.24, 2.45) is 0 Å². The number of methoxy groups -OCH3 is 2. The molecular formula is C16H18N2O4S. The summed E-state index contributed by atoms with van der Waals surface area (Å²) in [6.45, 7) is 0.928. The lowest BCUT2D eigenvalue weighted by Crippen LogP contribution is -2.38. The van der Waals surface area contributed by atoms with Crippen LogP contribution in [0.2, 0.25) is 0 Å². The van der Waals surface area contributed by atoms with Gasteiger partial charge in [0.15, 0.2) is 11.5 Å². The number of hydrogen-bond acceptors (Lipinski definition) is 5. The van der Waals surface area contributed by atoms with Crippen molar-refractivity contribution in [3.8, 4) is 11.5 Å². The van der Waals surface area contributed by atoms with Crippen molar-refractivity contribution in [2.45, 2.75) is 4.90 Å². The highest BCUT2D eigenvalue weighted by Crippen LogP contribution is 2.35. The minimum Gasteiger partial charge on any atom is -0.493 e. The molecule has 23 heavy (non-hydrogen) atoms. The molecule has 0 radical (unpaired) electrons. The minimum atomic E-state index is -3.68. The van der Waals surface area contributed by atoms with Gasteiger partial charge in [-0.05, 0) is 24.3 Å². The Hall–Kier alpha value is -2.41. The summed E-state index contributed by atoms with van der Waals surface area (Å²) in [5.41, 5.74) is 1.45. The zero-order valence-corrected chi connectivity index (χ0v) is 13.8. The Morgan fingerprint density at radius 3 is 2.52 bits per heavy atom. The van der Waals surface area contributed by atoms with Gasteiger partial charge in [-0.3, -0.25) is 4.31 Å². The van der Waals surface area contributed by atoms with Crippen LogP contribution in [0.1, 0.15) is 0 Å². The fourth-order valence-corrected chi connectivity index (χ4v) is 4.11. The molecule has 0 aromatic heterocycles. The van der Waals surface area contributed by atoms with Crippen LogP contribution in [0.25, 0.3) is 0 Å². The van der Waals surface area contributed by atoms with Gasteiger partial charge in [0, 0.05) is 12.6 Å². The van der Waals surface area contributed by atoms with Crippen molar-refractivity contribution in [1.82, 2.24) is 0 Å². The average molecular weight is 334 g/mol. The first-order chi connectivity index (χ1) is 11.1. The predicted molar refractivity (Wildman–Crippen MR) is 89.0 cm³/mol. The molecule has 1 heterocycles. The molecule has 2 aromatic carbocycles. The SMILES string of the molecule is COc1ccc(S(=O)(=O)N2CCNc3ccccc32)cc1OC. The van der Waals surface area contributed by atoms with Crippen molar-refractivity contribution < 1.29 is 17.9 Å². The van der Waals surface area contributed by atoms with Gasteiger partial charge in [0.05, 0.1) is 37.0 Å². The van der Waals surface area contributed by atoms with Gasteiger partial charge in [-0.25, -0.2) is 8.42 Å². The molecule has 0 amide bonds. The van der Waals surface area contributed by atoms with Crippen LogP contribution in [0.15, 0.2) is 47.4 Å². The topological polar surface area (TPSA) is 67.9 Å². The van der Waals surface area contributed by atoms with Crippen LogP contribution in [-0.2, 0) is 10.0 Å². The zero-order chi connectivity index (χ0) is 16.4. The van der Waals surface area contributed by atoms with E-state index in [0.29, 0.717) is 30.3 Å². The number of ether oxygens (including phenoxy) is 2. The third kappa shape index (κ3) is 2.68. The molecule has 0 aliphatic carbocycles. The molecule has 0 atom stereocenters. The third-order valence-electron chi connectivity index (χ3n) is 3.75. The number of nitrogens with zero attached hydrogens (tertiary/aromatic N) is 1. The fraction of sp³-hybridized carbons (Fsp3) is 0.250. The van der Waals surface area contributed by atoms with E-state index in [2.05, 4.69) is 5.32 Å². The van der Waals surface area contributed by atoms with E-state index in [1.807, 2.05) is 18.2 Å². The van der Waals surface area contributed by atoms with Crippen molar-refractivity contribution in [2.75, 3.05) is 36.9 Å². The Bertz CT molecular complexity index is 821. The number of para-hydroxylation sites is 2. The summed E-state index contributed by atoms with van der Waals surface area (Å²) in [5, 5.41) is 3.21. The van der Waals surface area contributed by atoms with E-state index in [9.17, 15) is 8.42 Å². The van der Waals surface area contributed by atoms with Gasteiger partial charge in [0.2, 0.25) is 0 Å². The van der Waals surface area contributed by atoms with Gasteiger partial charge in [-0.1, -0.05) is 12.1 Å².